The van der Waals surface area contributed by atoms with Crippen LogP contribution in [0.5, 0.6) is 0 Å². The summed E-state index contributed by atoms with van der Waals surface area (Å²) in [5.41, 5.74) is 3.76. The van der Waals surface area contributed by atoms with Crippen LogP contribution in [-0.4, -0.2) is 41.2 Å². The van der Waals surface area contributed by atoms with E-state index in [1.54, 1.807) is 16.2 Å². The van der Waals surface area contributed by atoms with Gasteiger partial charge in [0.25, 0.3) is 0 Å². The van der Waals surface area contributed by atoms with Gasteiger partial charge in [0.05, 0.1) is 12.6 Å². The molecule has 0 radical (unpaired) electrons. The molecule has 3 rings (SSSR count). The second-order valence-electron chi connectivity index (χ2n) is 9.83. The number of unbranched alkanes of at least 4 members (excludes halogenated alkanes) is 1. The minimum Gasteiger partial charge on any atom is -0.333 e. The second kappa shape index (κ2) is 10.7. The van der Waals surface area contributed by atoms with E-state index in [1.165, 1.54) is 16.0 Å². The molecule has 2 heterocycles. The highest BCUT2D eigenvalue weighted by Gasteiger charge is 2.34. The maximum Gasteiger partial charge on any atom is 0.242 e. The zero-order valence-corrected chi connectivity index (χ0v) is 21.1. The summed E-state index contributed by atoms with van der Waals surface area (Å²) in [5, 5.41) is 2.13. The number of nitrogens with zero attached hydrogens (tertiary/aromatic N) is 2. The molecule has 0 aliphatic carbocycles. The largest absolute Gasteiger partial charge is 0.333 e. The summed E-state index contributed by atoms with van der Waals surface area (Å²) in [6.07, 6.45) is 4.13. The molecule has 5 heteroatoms. The van der Waals surface area contributed by atoms with Gasteiger partial charge >= 0.3 is 0 Å². The first-order valence-electron chi connectivity index (χ1n) is 12.0. The van der Waals surface area contributed by atoms with Gasteiger partial charge in [-0.1, -0.05) is 65.3 Å². The number of benzene rings is 1. The van der Waals surface area contributed by atoms with Crippen LogP contribution in [0.3, 0.4) is 0 Å². The van der Waals surface area contributed by atoms with Crippen LogP contribution in [0.15, 0.2) is 35.7 Å². The van der Waals surface area contributed by atoms with Gasteiger partial charge in [-0.3, -0.25) is 9.59 Å². The van der Waals surface area contributed by atoms with Crippen molar-refractivity contribution in [2.45, 2.75) is 78.2 Å². The fourth-order valence-corrected chi connectivity index (χ4v) is 5.28. The Morgan fingerprint density at radius 1 is 1.09 bits per heavy atom. The van der Waals surface area contributed by atoms with Gasteiger partial charge in [0, 0.05) is 24.4 Å². The summed E-state index contributed by atoms with van der Waals surface area (Å²) >= 11 is 1.78. The van der Waals surface area contributed by atoms with Crippen molar-refractivity contribution in [2.24, 2.45) is 0 Å². The van der Waals surface area contributed by atoms with E-state index < -0.39 is 0 Å². The van der Waals surface area contributed by atoms with Crippen LogP contribution >= 0.6 is 11.3 Å². The van der Waals surface area contributed by atoms with Gasteiger partial charge in [-0.25, -0.2) is 0 Å². The standard InChI is InChI=1S/C27H38N2O2S/c1-6-8-16-28(24(30)9-7-2)19-25(31)29-17-14-23-22(15-18-32-23)26(29)20-10-12-21(13-11-20)27(3,4)5/h10-13,15,18,26H,6-9,14,16-17,19H2,1-5H3. The number of amides is 2. The summed E-state index contributed by atoms with van der Waals surface area (Å²) in [5.74, 6) is 0.140. The Labute approximate surface area is 197 Å². The van der Waals surface area contributed by atoms with E-state index in [-0.39, 0.29) is 29.8 Å². The lowest BCUT2D eigenvalue weighted by Crippen LogP contribution is -2.47. The van der Waals surface area contributed by atoms with Gasteiger partial charge in [0.1, 0.15) is 0 Å². The molecule has 0 saturated heterocycles. The summed E-state index contributed by atoms with van der Waals surface area (Å²) < 4.78 is 0. The van der Waals surface area contributed by atoms with Crippen LogP contribution < -0.4 is 0 Å². The van der Waals surface area contributed by atoms with Crippen LogP contribution in [0.25, 0.3) is 0 Å². The summed E-state index contributed by atoms with van der Waals surface area (Å²) in [4.78, 5) is 31.4. The van der Waals surface area contributed by atoms with Crippen molar-refractivity contribution in [1.29, 1.82) is 0 Å². The van der Waals surface area contributed by atoms with Crippen molar-refractivity contribution in [1.82, 2.24) is 9.80 Å². The molecule has 174 valence electrons. The van der Waals surface area contributed by atoms with Gasteiger partial charge in [-0.2, -0.15) is 0 Å². The van der Waals surface area contributed by atoms with Crippen molar-refractivity contribution in [3.63, 3.8) is 0 Å². The average Bonchev–Trinajstić information content (AvgIpc) is 3.24. The fourth-order valence-electron chi connectivity index (χ4n) is 4.38. The molecule has 2 amide bonds. The van der Waals surface area contributed by atoms with Gasteiger partial charge in [-0.15, -0.1) is 11.3 Å². The molecule has 0 saturated carbocycles. The zero-order valence-electron chi connectivity index (χ0n) is 20.3. The van der Waals surface area contributed by atoms with Gasteiger partial charge in [-0.05, 0) is 52.8 Å². The second-order valence-corrected chi connectivity index (χ2v) is 10.8. The van der Waals surface area contributed by atoms with E-state index in [4.69, 9.17) is 0 Å². The first-order chi connectivity index (χ1) is 15.3. The third-order valence-corrected chi connectivity index (χ3v) is 7.30. The minimum atomic E-state index is -0.0826. The number of fused-ring (bicyclic) bond motifs is 1. The molecule has 0 fully saturated rings. The van der Waals surface area contributed by atoms with Crippen molar-refractivity contribution in [3.05, 3.63) is 57.3 Å². The molecule has 1 aliphatic rings. The van der Waals surface area contributed by atoms with Crippen LogP contribution in [0.1, 0.15) is 87.9 Å². The number of hydrogen-bond acceptors (Lipinski definition) is 3. The van der Waals surface area contributed by atoms with Gasteiger partial charge in [0.2, 0.25) is 11.8 Å². The number of carbonyl (C=O) groups is 2. The highest BCUT2D eigenvalue weighted by Crippen LogP contribution is 2.38. The number of thiophene rings is 1. The minimum absolute atomic E-state index is 0.0484. The van der Waals surface area contributed by atoms with E-state index in [1.807, 2.05) is 11.8 Å². The maximum atomic E-state index is 13.6. The van der Waals surface area contributed by atoms with Crippen LogP contribution in [0, 0.1) is 0 Å². The molecule has 1 atom stereocenters. The molecular weight excluding hydrogens is 416 g/mol. The monoisotopic (exact) mass is 454 g/mol. The van der Waals surface area contributed by atoms with Crippen LogP contribution in [-0.2, 0) is 21.4 Å². The summed E-state index contributed by atoms with van der Waals surface area (Å²) in [6, 6.07) is 10.8. The van der Waals surface area contributed by atoms with E-state index in [0.29, 0.717) is 19.5 Å². The maximum absolute atomic E-state index is 13.6. The molecule has 1 unspecified atom stereocenters. The lowest BCUT2D eigenvalue weighted by atomic mass is 9.85. The molecule has 1 aliphatic heterocycles. The first kappa shape index (κ1) is 24.5. The molecule has 4 nitrogen and oxygen atoms in total. The number of carbonyl (C=O) groups excluding carboxylic acids is 2. The Morgan fingerprint density at radius 3 is 2.44 bits per heavy atom. The third-order valence-electron chi connectivity index (χ3n) is 6.30. The molecule has 0 bridgehead atoms. The predicted octanol–water partition coefficient (Wildman–Crippen LogP) is 5.95. The molecular formula is C27H38N2O2S. The quantitative estimate of drug-likeness (QED) is 0.495. The van der Waals surface area contributed by atoms with Gasteiger partial charge < -0.3 is 9.80 Å². The van der Waals surface area contributed by atoms with Crippen LogP contribution in [0.4, 0.5) is 0 Å². The summed E-state index contributed by atoms with van der Waals surface area (Å²) in [6.45, 7) is 12.3. The highest BCUT2D eigenvalue weighted by atomic mass is 32.1. The number of hydrogen-bond donors (Lipinski definition) is 0. The third kappa shape index (κ3) is 5.61. The van der Waals surface area contributed by atoms with Crippen molar-refractivity contribution >= 4 is 23.2 Å². The van der Waals surface area contributed by atoms with Crippen LogP contribution in [0.2, 0.25) is 0 Å². The Kier molecular flexibility index (Phi) is 8.16. The Bertz CT molecular complexity index is 910. The van der Waals surface area contributed by atoms with Gasteiger partial charge in [0.15, 0.2) is 0 Å². The van der Waals surface area contributed by atoms with Crippen molar-refractivity contribution in [3.8, 4) is 0 Å². The zero-order chi connectivity index (χ0) is 23.3. The molecule has 0 spiro atoms. The smallest absolute Gasteiger partial charge is 0.242 e. The van der Waals surface area contributed by atoms with Crippen molar-refractivity contribution < 1.29 is 9.59 Å². The lowest BCUT2D eigenvalue weighted by molar-refractivity contribution is -0.141. The topological polar surface area (TPSA) is 40.6 Å². The first-order valence-corrected chi connectivity index (χ1v) is 12.9. The molecule has 32 heavy (non-hydrogen) atoms. The lowest BCUT2D eigenvalue weighted by Gasteiger charge is -2.38. The van der Waals surface area contributed by atoms with E-state index in [9.17, 15) is 9.59 Å². The predicted molar refractivity (Wildman–Crippen MR) is 133 cm³/mol. The molecule has 1 aromatic carbocycles. The van der Waals surface area contributed by atoms with E-state index >= 15 is 0 Å². The normalized spacial score (nSPS) is 16.0. The highest BCUT2D eigenvalue weighted by molar-refractivity contribution is 7.10. The van der Waals surface area contributed by atoms with E-state index in [2.05, 4.69) is 63.4 Å². The Hall–Kier alpha value is -2.14. The molecule has 0 N–H and O–H groups in total. The average molecular weight is 455 g/mol. The van der Waals surface area contributed by atoms with Crippen molar-refractivity contribution in [2.75, 3.05) is 19.6 Å². The number of rotatable bonds is 8. The Morgan fingerprint density at radius 2 is 1.81 bits per heavy atom. The SMILES string of the molecule is CCCCN(CC(=O)N1CCc2sccc2C1c1ccc(C(C)(C)C)cc1)C(=O)CCC. The molecule has 2 aromatic rings. The van der Waals surface area contributed by atoms with E-state index in [0.717, 1.165) is 31.2 Å². The Balaban J connectivity index is 1.88. The molecule has 1 aromatic heterocycles. The fraction of sp³-hybridized carbons (Fsp3) is 0.556. The summed E-state index contributed by atoms with van der Waals surface area (Å²) in [7, 11) is 0.